The van der Waals surface area contributed by atoms with Gasteiger partial charge in [-0.1, -0.05) is 47.2 Å². The zero-order valence-corrected chi connectivity index (χ0v) is 19.2. The molecule has 0 aliphatic rings. The number of rotatable bonds is 7. The van der Waals surface area contributed by atoms with E-state index in [4.69, 9.17) is 4.98 Å². The van der Waals surface area contributed by atoms with Gasteiger partial charge in [0.1, 0.15) is 0 Å². The molecule has 0 atom stereocenters. The van der Waals surface area contributed by atoms with E-state index in [1.807, 2.05) is 4.90 Å². The van der Waals surface area contributed by atoms with E-state index in [0.717, 1.165) is 40.3 Å². The fraction of sp³-hybridized carbons (Fsp3) is 0.417. The smallest absolute Gasteiger partial charge is 0.233 e. The Kier molecular flexibility index (Phi) is 6.70. The van der Waals surface area contributed by atoms with Crippen LogP contribution >= 0.6 is 11.3 Å². The van der Waals surface area contributed by atoms with E-state index in [0.29, 0.717) is 13.0 Å². The highest BCUT2D eigenvalue weighted by Crippen LogP contribution is 2.33. The molecule has 0 aliphatic carbocycles. The monoisotopic (exact) mass is 409 g/mol. The van der Waals surface area contributed by atoms with Crippen molar-refractivity contribution in [2.75, 3.05) is 32.1 Å². The summed E-state index contributed by atoms with van der Waals surface area (Å²) in [4.78, 5) is 22.3. The summed E-state index contributed by atoms with van der Waals surface area (Å²) in [5.41, 5.74) is 6.83. The Bertz CT molecular complexity index is 983. The Morgan fingerprint density at radius 1 is 0.966 bits per heavy atom. The fourth-order valence-electron chi connectivity index (χ4n) is 3.48. The predicted octanol–water partition coefficient (Wildman–Crippen LogP) is 5.06. The van der Waals surface area contributed by atoms with Gasteiger partial charge in [-0.05, 0) is 77.0 Å². The van der Waals surface area contributed by atoms with E-state index in [2.05, 4.69) is 77.0 Å². The number of carbonyl (C=O) groups is 1. The number of thiazole rings is 1. The summed E-state index contributed by atoms with van der Waals surface area (Å²) in [5.74, 6) is 0.117. The Morgan fingerprint density at radius 3 is 2.34 bits per heavy atom. The molecule has 1 aromatic heterocycles. The second-order valence-corrected chi connectivity index (χ2v) is 9.16. The van der Waals surface area contributed by atoms with E-state index >= 15 is 0 Å². The van der Waals surface area contributed by atoms with Crippen LogP contribution in [0.5, 0.6) is 0 Å². The minimum Gasteiger partial charge on any atom is -0.309 e. The Hall–Kier alpha value is -2.24. The first kappa shape index (κ1) is 21.5. The normalized spacial score (nSPS) is 11.4. The number of benzene rings is 2. The molecule has 0 N–H and O–H groups in total. The number of amides is 1. The van der Waals surface area contributed by atoms with Gasteiger partial charge in [-0.2, -0.15) is 0 Å². The van der Waals surface area contributed by atoms with Crippen LogP contribution in [0.4, 0.5) is 5.13 Å². The molecule has 1 amide bonds. The van der Waals surface area contributed by atoms with Gasteiger partial charge in [-0.3, -0.25) is 9.69 Å². The largest absolute Gasteiger partial charge is 0.309 e. The minimum absolute atomic E-state index is 0.117. The highest BCUT2D eigenvalue weighted by Gasteiger charge is 2.21. The lowest BCUT2D eigenvalue weighted by Crippen LogP contribution is -2.34. The van der Waals surface area contributed by atoms with E-state index in [9.17, 15) is 4.79 Å². The third-order valence-electron chi connectivity index (χ3n) is 5.30. The SMILES string of the molecule is Cc1ccc(C)c(CC(=O)N(CCCN(C)C)c2nc3c(C)ccc(C)c3s2)c1. The van der Waals surface area contributed by atoms with E-state index < -0.39 is 0 Å². The average Bonchev–Trinajstić information content (AvgIpc) is 3.11. The summed E-state index contributed by atoms with van der Waals surface area (Å²) >= 11 is 1.63. The topological polar surface area (TPSA) is 36.4 Å². The van der Waals surface area contributed by atoms with Gasteiger partial charge in [0.05, 0.1) is 16.6 Å². The molecule has 2 aromatic carbocycles. The second-order valence-electron chi connectivity index (χ2n) is 8.18. The van der Waals surface area contributed by atoms with Gasteiger partial charge in [-0.15, -0.1) is 0 Å². The second kappa shape index (κ2) is 9.06. The maximum atomic E-state index is 13.4. The minimum atomic E-state index is 0.117. The molecule has 0 saturated heterocycles. The molecule has 3 rings (SSSR count). The number of anilines is 1. The molecule has 0 saturated carbocycles. The van der Waals surface area contributed by atoms with Gasteiger partial charge < -0.3 is 4.90 Å². The molecule has 0 unspecified atom stereocenters. The van der Waals surface area contributed by atoms with Crippen molar-refractivity contribution in [2.24, 2.45) is 0 Å². The van der Waals surface area contributed by atoms with Crippen molar-refractivity contribution in [1.29, 1.82) is 0 Å². The summed E-state index contributed by atoms with van der Waals surface area (Å²) in [6.45, 7) is 9.96. The van der Waals surface area contributed by atoms with E-state index in [1.54, 1.807) is 11.3 Å². The van der Waals surface area contributed by atoms with Crippen molar-refractivity contribution in [3.63, 3.8) is 0 Å². The first-order chi connectivity index (χ1) is 13.8. The van der Waals surface area contributed by atoms with Gasteiger partial charge in [0.25, 0.3) is 0 Å². The Balaban J connectivity index is 1.93. The summed E-state index contributed by atoms with van der Waals surface area (Å²) < 4.78 is 1.18. The molecule has 0 spiro atoms. The third-order valence-corrected chi connectivity index (χ3v) is 6.51. The molecule has 5 heteroatoms. The first-order valence-electron chi connectivity index (χ1n) is 10.1. The average molecular weight is 410 g/mol. The molecule has 29 heavy (non-hydrogen) atoms. The van der Waals surface area contributed by atoms with Crippen LogP contribution in [0, 0.1) is 27.7 Å². The zero-order valence-electron chi connectivity index (χ0n) is 18.4. The lowest BCUT2D eigenvalue weighted by molar-refractivity contribution is -0.118. The number of hydrogen-bond acceptors (Lipinski definition) is 4. The summed E-state index contributed by atoms with van der Waals surface area (Å²) in [7, 11) is 4.12. The maximum absolute atomic E-state index is 13.4. The number of carbonyl (C=O) groups excluding carboxylic acids is 1. The summed E-state index contributed by atoms with van der Waals surface area (Å²) in [5, 5.41) is 0.812. The molecule has 0 aliphatic heterocycles. The van der Waals surface area contributed by atoms with Crippen molar-refractivity contribution in [2.45, 2.75) is 40.5 Å². The van der Waals surface area contributed by atoms with Crippen LogP contribution in [0.25, 0.3) is 10.2 Å². The lowest BCUT2D eigenvalue weighted by Gasteiger charge is -2.21. The van der Waals surface area contributed by atoms with Gasteiger partial charge >= 0.3 is 0 Å². The van der Waals surface area contributed by atoms with Crippen molar-refractivity contribution >= 4 is 32.6 Å². The van der Waals surface area contributed by atoms with Crippen LogP contribution in [0.3, 0.4) is 0 Å². The van der Waals surface area contributed by atoms with Crippen LogP contribution in [0.2, 0.25) is 0 Å². The first-order valence-corrected chi connectivity index (χ1v) is 11.0. The summed E-state index contributed by atoms with van der Waals surface area (Å²) in [6, 6.07) is 10.6. The molecular formula is C24H31N3OS. The van der Waals surface area contributed by atoms with Gasteiger partial charge in [0, 0.05) is 6.54 Å². The van der Waals surface area contributed by atoms with Crippen molar-refractivity contribution in [3.05, 3.63) is 58.1 Å². The number of aryl methyl sites for hydroxylation is 4. The van der Waals surface area contributed by atoms with Crippen LogP contribution < -0.4 is 4.90 Å². The number of fused-ring (bicyclic) bond motifs is 1. The van der Waals surface area contributed by atoms with Crippen LogP contribution in [-0.2, 0) is 11.2 Å². The Labute approximate surface area is 178 Å². The van der Waals surface area contributed by atoms with Crippen molar-refractivity contribution in [1.82, 2.24) is 9.88 Å². The van der Waals surface area contributed by atoms with Crippen molar-refractivity contribution < 1.29 is 4.79 Å². The predicted molar refractivity (Wildman–Crippen MR) is 124 cm³/mol. The number of nitrogens with zero attached hydrogens (tertiary/aromatic N) is 3. The standard InChI is InChI=1S/C24H31N3OS/c1-16-8-9-17(2)20(14-16)15-21(28)27(13-7-12-26(5)6)24-25-22-18(3)10-11-19(4)23(22)29-24/h8-11,14H,7,12-13,15H2,1-6H3. The quantitative estimate of drug-likeness (QED) is 0.547. The van der Waals surface area contributed by atoms with Crippen LogP contribution in [0.1, 0.15) is 34.2 Å². The highest BCUT2D eigenvalue weighted by atomic mass is 32.1. The molecule has 1 heterocycles. The zero-order chi connectivity index (χ0) is 21.1. The third kappa shape index (κ3) is 5.03. The number of hydrogen-bond donors (Lipinski definition) is 0. The molecule has 0 bridgehead atoms. The van der Waals surface area contributed by atoms with Gasteiger partial charge in [0.2, 0.25) is 5.91 Å². The fourth-order valence-corrected chi connectivity index (χ4v) is 4.64. The lowest BCUT2D eigenvalue weighted by atomic mass is 10.0. The highest BCUT2D eigenvalue weighted by molar-refractivity contribution is 7.22. The molecular weight excluding hydrogens is 378 g/mol. The summed E-state index contributed by atoms with van der Waals surface area (Å²) in [6.07, 6.45) is 1.32. The van der Waals surface area contributed by atoms with E-state index in [-0.39, 0.29) is 5.91 Å². The molecule has 4 nitrogen and oxygen atoms in total. The maximum Gasteiger partial charge on any atom is 0.233 e. The molecule has 0 radical (unpaired) electrons. The Morgan fingerprint density at radius 2 is 1.66 bits per heavy atom. The van der Waals surface area contributed by atoms with Gasteiger partial charge in [0.15, 0.2) is 5.13 Å². The van der Waals surface area contributed by atoms with Crippen molar-refractivity contribution in [3.8, 4) is 0 Å². The van der Waals surface area contributed by atoms with Crippen LogP contribution in [-0.4, -0.2) is 43.0 Å². The number of aromatic nitrogens is 1. The molecule has 154 valence electrons. The van der Waals surface area contributed by atoms with Crippen LogP contribution in [0.15, 0.2) is 30.3 Å². The molecule has 3 aromatic rings. The molecule has 0 fully saturated rings. The van der Waals surface area contributed by atoms with E-state index in [1.165, 1.54) is 15.8 Å². The van der Waals surface area contributed by atoms with Gasteiger partial charge in [-0.25, -0.2) is 4.98 Å².